The summed E-state index contributed by atoms with van der Waals surface area (Å²) in [5.74, 6) is 0. The smallest absolute Gasteiger partial charge is 0.258 e. The molecule has 1 N–H and O–H groups in total. The molecule has 0 aliphatic carbocycles. The third-order valence-electron chi connectivity index (χ3n) is 3.73. The van der Waals surface area contributed by atoms with E-state index in [9.17, 15) is 4.79 Å². The van der Waals surface area contributed by atoms with Crippen molar-refractivity contribution in [2.75, 3.05) is 13.2 Å². The Balaban J connectivity index is 1.70. The monoisotopic (exact) mass is 273 g/mol. The van der Waals surface area contributed by atoms with Crippen molar-refractivity contribution in [2.45, 2.75) is 31.9 Å². The highest BCUT2D eigenvalue weighted by Crippen LogP contribution is 2.23. The molecule has 2 aromatic rings. The van der Waals surface area contributed by atoms with Crippen LogP contribution in [0.3, 0.4) is 0 Å². The minimum atomic E-state index is -0.0775. The van der Waals surface area contributed by atoms with Crippen LogP contribution in [0.15, 0.2) is 35.3 Å². The van der Waals surface area contributed by atoms with Gasteiger partial charge in [0.1, 0.15) is 5.65 Å². The molecule has 5 nitrogen and oxygen atoms in total. The normalized spacial score (nSPS) is 22.4. The third-order valence-corrected chi connectivity index (χ3v) is 3.73. The van der Waals surface area contributed by atoms with E-state index in [2.05, 4.69) is 17.2 Å². The van der Waals surface area contributed by atoms with Gasteiger partial charge in [-0.3, -0.25) is 9.20 Å². The summed E-state index contributed by atoms with van der Waals surface area (Å²) < 4.78 is 7.27. The Hall–Kier alpha value is -1.72. The van der Waals surface area contributed by atoms with Crippen LogP contribution in [-0.2, 0) is 11.3 Å². The molecule has 0 radical (unpaired) electrons. The molecule has 3 heterocycles. The van der Waals surface area contributed by atoms with Gasteiger partial charge in [0.05, 0.1) is 11.3 Å². The van der Waals surface area contributed by atoms with Gasteiger partial charge in [0.2, 0.25) is 0 Å². The van der Waals surface area contributed by atoms with Crippen molar-refractivity contribution in [3.05, 3.63) is 46.5 Å². The molecule has 3 rings (SSSR count). The number of aromatic nitrogens is 2. The Morgan fingerprint density at radius 2 is 2.40 bits per heavy atom. The zero-order valence-electron chi connectivity index (χ0n) is 11.6. The lowest BCUT2D eigenvalue weighted by Gasteiger charge is -2.23. The fraction of sp³-hybridized carbons (Fsp3) is 0.467. The molecule has 0 saturated carbocycles. The molecule has 0 aromatic carbocycles. The maximum absolute atomic E-state index is 12.0. The van der Waals surface area contributed by atoms with Crippen molar-refractivity contribution in [3.63, 3.8) is 0 Å². The van der Waals surface area contributed by atoms with E-state index in [1.165, 1.54) is 0 Å². The van der Waals surface area contributed by atoms with Gasteiger partial charge in [-0.1, -0.05) is 6.07 Å². The summed E-state index contributed by atoms with van der Waals surface area (Å²) in [7, 11) is 0. The zero-order chi connectivity index (χ0) is 14.0. The number of rotatable bonds is 4. The van der Waals surface area contributed by atoms with Crippen LogP contribution >= 0.6 is 0 Å². The lowest BCUT2D eigenvalue weighted by atomic mass is 10.0. The van der Waals surface area contributed by atoms with E-state index in [0.717, 1.165) is 31.7 Å². The Bertz CT molecular complexity index is 659. The van der Waals surface area contributed by atoms with Gasteiger partial charge in [0, 0.05) is 32.0 Å². The minimum absolute atomic E-state index is 0.0456. The fourth-order valence-corrected chi connectivity index (χ4v) is 2.62. The van der Waals surface area contributed by atoms with Gasteiger partial charge in [-0.25, -0.2) is 4.98 Å². The zero-order valence-corrected chi connectivity index (χ0v) is 11.6. The maximum atomic E-state index is 12.0. The Morgan fingerprint density at radius 3 is 3.20 bits per heavy atom. The maximum Gasteiger partial charge on any atom is 0.258 e. The summed E-state index contributed by atoms with van der Waals surface area (Å²) in [6.45, 7) is 4.33. The van der Waals surface area contributed by atoms with Crippen molar-refractivity contribution in [1.29, 1.82) is 0 Å². The molecule has 20 heavy (non-hydrogen) atoms. The Labute approximate surface area is 117 Å². The molecule has 1 aliphatic heterocycles. The van der Waals surface area contributed by atoms with E-state index in [4.69, 9.17) is 4.74 Å². The average molecular weight is 273 g/mol. The van der Waals surface area contributed by atoms with Crippen LogP contribution in [0.4, 0.5) is 0 Å². The standard InChI is InChI=1S/C15H19N3O2/c1-15(6-4-8-20-15)11-16-10-12-9-14(19)18-7-3-2-5-13(18)17-12/h2-3,5,7,9,16H,4,6,8,10-11H2,1H3. The van der Waals surface area contributed by atoms with Crippen LogP contribution in [0.2, 0.25) is 0 Å². The number of pyridine rings is 1. The summed E-state index contributed by atoms with van der Waals surface area (Å²) >= 11 is 0. The first-order valence-electron chi connectivity index (χ1n) is 6.98. The number of fused-ring (bicyclic) bond motifs is 1. The second-order valence-corrected chi connectivity index (χ2v) is 5.52. The van der Waals surface area contributed by atoms with Crippen molar-refractivity contribution in [3.8, 4) is 0 Å². The molecule has 0 bridgehead atoms. The molecule has 0 spiro atoms. The van der Waals surface area contributed by atoms with Crippen LogP contribution in [0.1, 0.15) is 25.5 Å². The molecular formula is C15H19N3O2. The second-order valence-electron chi connectivity index (χ2n) is 5.52. The van der Waals surface area contributed by atoms with Crippen molar-refractivity contribution >= 4 is 5.65 Å². The SMILES string of the molecule is CC1(CNCc2cc(=O)n3ccccc3n2)CCCO1. The van der Waals surface area contributed by atoms with Crippen molar-refractivity contribution in [2.24, 2.45) is 0 Å². The van der Waals surface area contributed by atoms with Gasteiger partial charge in [-0.05, 0) is 31.9 Å². The molecule has 0 amide bonds. The largest absolute Gasteiger partial charge is 0.374 e. The summed E-state index contributed by atoms with van der Waals surface area (Å²) in [4.78, 5) is 16.4. The average Bonchev–Trinajstić information content (AvgIpc) is 2.86. The highest BCUT2D eigenvalue weighted by Gasteiger charge is 2.28. The second kappa shape index (κ2) is 5.34. The molecule has 1 aliphatic rings. The van der Waals surface area contributed by atoms with Gasteiger partial charge in [-0.2, -0.15) is 0 Å². The molecular weight excluding hydrogens is 254 g/mol. The summed E-state index contributed by atoms with van der Waals surface area (Å²) in [6.07, 6.45) is 3.93. The van der Waals surface area contributed by atoms with Gasteiger partial charge < -0.3 is 10.1 Å². The fourth-order valence-electron chi connectivity index (χ4n) is 2.62. The lowest BCUT2D eigenvalue weighted by Crippen LogP contribution is -2.37. The van der Waals surface area contributed by atoms with Gasteiger partial charge in [-0.15, -0.1) is 0 Å². The Kier molecular flexibility index (Phi) is 3.54. The molecule has 1 fully saturated rings. The summed E-state index contributed by atoms with van der Waals surface area (Å²) in [5.41, 5.74) is 1.32. The predicted octanol–water partition coefficient (Wildman–Crippen LogP) is 1.35. The first-order chi connectivity index (χ1) is 9.66. The van der Waals surface area contributed by atoms with E-state index in [0.29, 0.717) is 12.2 Å². The Morgan fingerprint density at radius 1 is 1.50 bits per heavy atom. The van der Waals surface area contributed by atoms with Crippen LogP contribution in [0.5, 0.6) is 0 Å². The highest BCUT2D eigenvalue weighted by atomic mass is 16.5. The molecule has 1 unspecified atom stereocenters. The molecule has 1 atom stereocenters. The number of nitrogens with zero attached hydrogens (tertiary/aromatic N) is 2. The van der Waals surface area contributed by atoms with Gasteiger partial charge in [0.25, 0.3) is 5.56 Å². The van der Waals surface area contributed by atoms with Crippen molar-refractivity contribution < 1.29 is 4.74 Å². The topological polar surface area (TPSA) is 55.6 Å². The van der Waals surface area contributed by atoms with Crippen LogP contribution in [0.25, 0.3) is 5.65 Å². The van der Waals surface area contributed by atoms with E-state index in [1.54, 1.807) is 16.7 Å². The first kappa shape index (κ1) is 13.3. The molecule has 106 valence electrons. The molecule has 1 saturated heterocycles. The first-order valence-corrected chi connectivity index (χ1v) is 6.98. The van der Waals surface area contributed by atoms with Crippen LogP contribution in [0, 0.1) is 0 Å². The number of nitrogens with one attached hydrogen (secondary N) is 1. The number of ether oxygens (including phenoxy) is 1. The van der Waals surface area contributed by atoms with E-state index in [1.807, 2.05) is 18.2 Å². The van der Waals surface area contributed by atoms with Gasteiger partial charge >= 0.3 is 0 Å². The third kappa shape index (κ3) is 2.73. The summed E-state index contributed by atoms with van der Waals surface area (Å²) in [6, 6.07) is 7.13. The number of hydrogen-bond acceptors (Lipinski definition) is 4. The highest BCUT2D eigenvalue weighted by molar-refractivity contribution is 5.37. The van der Waals surface area contributed by atoms with Crippen LogP contribution < -0.4 is 10.9 Å². The lowest BCUT2D eigenvalue weighted by molar-refractivity contribution is 0.0206. The van der Waals surface area contributed by atoms with Crippen molar-refractivity contribution in [1.82, 2.24) is 14.7 Å². The van der Waals surface area contributed by atoms with Gasteiger partial charge in [0.15, 0.2) is 0 Å². The van der Waals surface area contributed by atoms with Crippen LogP contribution in [-0.4, -0.2) is 28.1 Å². The van der Waals surface area contributed by atoms with E-state index in [-0.39, 0.29) is 11.2 Å². The van der Waals surface area contributed by atoms with E-state index < -0.39 is 0 Å². The number of hydrogen-bond donors (Lipinski definition) is 1. The quantitative estimate of drug-likeness (QED) is 0.913. The predicted molar refractivity (Wildman–Crippen MR) is 76.8 cm³/mol. The minimum Gasteiger partial charge on any atom is -0.374 e. The summed E-state index contributed by atoms with van der Waals surface area (Å²) in [5, 5.41) is 3.34. The molecule has 5 heteroatoms. The van der Waals surface area contributed by atoms with E-state index >= 15 is 0 Å². The molecule has 2 aromatic heterocycles.